The summed E-state index contributed by atoms with van der Waals surface area (Å²) in [4.78, 5) is 36.1. The van der Waals surface area contributed by atoms with Crippen molar-refractivity contribution in [2.45, 2.75) is 4.90 Å². The first-order valence-corrected chi connectivity index (χ1v) is 10.8. The van der Waals surface area contributed by atoms with Crippen molar-refractivity contribution >= 4 is 32.7 Å². The number of aromatic nitrogens is 2. The van der Waals surface area contributed by atoms with E-state index in [1.807, 2.05) is 0 Å². The van der Waals surface area contributed by atoms with Crippen molar-refractivity contribution in [1.82, 2.24) is 9.13 Å². The van der Waals surface area contributed by atoms with E-state index in [1.54, 1.807) is 0 Å². The average Bonchev–Trinajstić information content (AvgIpc) is 3.26. The van der Waals surface area contributed by atoms with E-state index >= 15 is 0 Å². The summed E-state index contributed by atoms with van der Waals surface area (Å²) in [5, 5.41) is 0. The molecule has 32 heavy (non-hydrogen) atoms. The lowest BCUT2D eigenvalue weighted by molar-refractivity contribution is -0.138. The number of methoxy groups -OCH3 is 1. The molecule has 0 atom stereocenters. The molecule has 4 rings (SSSR count). The van der Waals surface area contributed by atoms with Crippen LogP contribution >= 0.6 is 0 Å². The largest absolute Gasteiger partial charge is 0.468 e. The standard InChI is InChI=1S/C20H19N3O8S/c1-21-14-6-5-13(9-15(14)22(2)20(26)19(21)25)32(27,28)23(10-18(24)29-3)12-4-7-16-17(8-12)31-11-30-16/h4-9H,10-11H2,1-3H3. The van der Waals surface area contributed by atoms with Crippen molar-refractivity contribution in [2.24, 2.45) is 14.1 Å². The summed E-state index contributed by atoms with van der Waals surface area (Å²) >= 11 is 0. The zero-order chi connectivity index (χ0) is 23.2. The Morgan fingerprint density at radius 3 is 2.34 bits per heavy atom. The van der Waals surface area contributed by atoms with E-state index in [9.17, 15) is 22.8 Å². The predicted molar refractivity (Wildman–Crippen MR) is 114 cm³/mol. The first-order valence-electron chi connectivity index (χ1n) is 9.34. The second kappa shape index (κ2) is 7.71. The number of fused-ring (bicyclic) bond motifs is 2. The second-order valence-electron chi connectivity index (χ2n) is 7.00. The van der Waals surface area contributed by atoms with Gasteiger partial charge in [0.15, 0.2) is 11.5 Å². The lowest BCUT2D eigenvalue weighted by Gasteiger charge is -2.24. The minimum absolute atomic E-state index is 0.0000380. The third-order valence-electron chi connectivity index (χ3n) is 5.19. The highest BCUT2D eigenvalue weighted by atomic mass is 32.2. The van der Waals surface area contributed by atoms with Crippen LogP contribution in [-0.4, -0.2) is 44.0 Å². The molecule has 0 amide bonds. The van der Waals surface area contributed by atoms with Crippen molar-refractivity contribution in [1.29, 1.82) is 0 Å². The van der Waals surface area contributed by atoms with Crippen LogP contribution in [-0.2, 0) is 33.7 Å². The first-order chi connectivity index (χ1) is 15.1. The Balaban J connectivity index is 1.89. The molecule has 0 saturated carbocycles. The number of carbonyl (C=O) groups excluding carboxylic acids is 1. The number of ether oxygens (including phenoxy) is 3. The van der Waals surface area contributed by atoms with E-state index in [0.29, 0.717) is 17.0 Å². The van der Waals surface area contributed by atoms with Gasteiger partial charge in [0.2, 0.25) is 6.79 Å². The van der Waals surface area contributed by atoms with Crippen molar-refractivity contribution in [3.8, 4) is 11.5 Å². The van der Waals surface area contributed by atoms with Crippen LogP contribution in [0.1, 0.15) is 0 Å². The second-order valence-corrected chi connectivity index (χ2v) is 8.87. The predicted octanol–water partition coefficient (Wildman–Crippen LogP) is 0.334. The van der Waals surface area contributed by atoms with Gasteiger partial charge in [0, 0.05) is 20.2 Å². The molecule has 0 unspecified atom stereocenters. The SMILES string of the molecule is COC(=O)CN(c1ccc2c(c1)OCO2)S(=O)(=O)c1ccc2c(c1)n(C)c(=O)c(=O)n2C. The molecule has 0 saturated heterocycles. The molecule has 3 aromatic rings. The number of hydrogen-bond donors (Lipinski definition) is 0. The van der Waals surface area contributed by atoms with Gasteiger partial charge < -0.3 is 23.3 Å². The molecule has 2 heterocycles. The normalized spacial score (nSPS) is 12.7. The zero-order valence-corrected chi connectivity index (χ0v) is 18.2. The number of nitrogens with zero attached hydrogens (tertiary/aromatic N) is 3. The summed E-state index contributed by atoms with van der Waals surface area (Å²) in [6.45, 7) is -0.595. The summed E-state index contributed by atoms with van der Waals surface area (Å²) in [6.07, 6.45) is 0. The smallest absolute Gasteiger partial charge is 0.326 e. The molecule has 0 N–H and O–H groups in total. The Labute approximate surface area is 182 Å². The summed E-state index contributed by atoms with van der Waals surface area (Å²) in [6, 6.07) is 8.48. The van der Waals surface area contributed by atoms with Gasteiger partial charge in [0.25, 0.3) is 10.0 Å². The molecule has 0 bridgehead atoms. The first kappa shape index (κ1) is 21.4. The van der Waals surface area contributed by atoms with E-state index in [1.165, 1.54) is 50.5 Å². The van der Waals surface area contributed by atoms with E-state index in [4.69, 9.17) is 9.47 Å². The third kappa shape index (κ3) is 3.38. The van der Waals surface area contributed by atoms with E-state index in [-0.39, 0.29) is 22.9 Å². The number of esters is 1. The Bertz CT molecular complexity index is 1470. The molecule has 0 aliphatic carbocycles. The molecule has 168 valence electrons. The van der Waals surface area contributed by atoms with Crippen LogP contribution in [0.5, 0.6) is 11.5 Å². The Morgan fingerprint density at radius 2 is 1.66 bits per heavy atom. The molecule has 12 heteroatoms. The van der Waals surface area contributed by atoms with Crippen LogP contribution in [0.3, 0.4) is 0 Å². The fourth-order valence-electron chi connectivity index (χ4n) is 3.39. The number of sulfonamides is 1. The van der Waals surface area contributed by atoms with Crippen LogP contribution in [0.25, 0.3) is 11.0 Å². The monoisotopic (exact) mass is 461 g/mol. The highest BCUT2D eigenvalue weighted by Gasteiger charge is 2.30. The van der Waals surface area contributed by atoms with Gasteiger partial charge in [-0.05, 0) is 30.3 Å². The minimum atomic E-state index is -4.29. The molecule has 0 fully saturated rings. The quantitative estimate of drug-likeness (QED) is 0.393. The van der Waals surface area contributed by atoms with Crippen LogP contribution in [0.2, 0.25) is 0 Å². The number of carbonyl (C=O) groups is 1. The highest BCUT2D eigenvalue weighted by Crippen LogP contribution is 2.37. The maximum Gasteiger partial charge on any atom is 0.326 e. The summed E-state index contributed by atoms with van der Waals surface area (Å²) in [5.74, 6) is 0.0103. The molecule has 1 aromatic heterocycles. The lowest BCUT2D eigenvalue weighted by Crippen LogP contribution is -2.39. The molecular formula is C20H19N3O8S. The van der Waals surface area contributed by atoms with Crippen LogP contribution < -0.4 is 24.9 Å². The Morgan fingerprint density at radius 1 is 1.00 bits per heavy atom. The number of rotatable bonds is 5. The fraction of sp³-hybridized carbons (Fsp3) is 0.250. The summed E-state index contributed by atoms with van der Waals surface area (Å²) in [7, 11) is -0.327. The van der Waals surface area contributed by atoms with Crippen molar-refractivity contribution < 1.29 is 27.4 Å². The van der Waals surface area contributed by atoms with Gasteiger partial charge in [-0.25, -0.2) is 8.42 Å². The highest BCUT2D eigenvalue weighted by molar-refractivity contribution is 7.92. The van der Waals surface area contributed by atoms with Crippen molar-refractivity contribution in [3.05, 3.63) is 57.1 Å². The summed E-state index contributed by atoms with van der Waals surface area (Å²) in [5.41, 5.74) is -0.755. The van der Waals surface area contributed by atoms with Gasteiger partial charge in [-0.2, -0.15) is 0 Å². The van der Waals surface area contributed by atoms with Crippen molar-refractivity contribution in [2.75, 3.05) is 24.8 Å². The minimum Gasteiger partial charge on any atom is -0.468 e. The van der Waals surface area contributed by atoms with E-state index < -0.39 is 33.7 Å². The van der Waals surface area contributed by atoms with Gasteiger partial charge in [0.05, 0.1) is 28.7 Å². The maximum atomic E-state index is 13.6. The fourth-order valence-corrected chi connectivity index (χ4v) is 4.81. The van der Waals surface area contributed by atoms with Crippen LogP contribution in [0.4, 0.5) is 5.69 Å². The van der Waals surface area contributed by atoms with Gasteiger partial charge in [-0.3, -0.25) is 18.7 Å². The molecule has 0 radical (unpaired) electrons. The Hall–Kier alpha value is -3.80. The van der Waals surface area contributed by atoms with Gasteiger partial charge in [-0.15, -0.1) is 0 Å². The molecule has 1 aliphatic rings. The zero-order valence-electron chi connectivity index (χ0n) is 17.4. The van der Waals surface area contributed by atoms with Gasteiger partial charge >= 0.3 is 17.1 Å². The molecular weight excluding hydrogens is 442 g/mol. The third-order valence-corrected chi connectivity index (χ3v) is 6.96. The Kier molecular flexibility index (Phi) is 5.17. The van der Waals surface area contributed by atoms with Gasteiger partial charge in [0.1, 0.15) is 6.54 Å². The number of aryl methyl sites for hydroxylation is 2. The number of benzene rings is 2. The molecule has 11 nitrogen and oxygen atoms in total. The molecule has 1 aliphatic heterocycles. The molecule has 2 aromatic carbocycles. The molecule has 0 spiro atoms. The number of anilines is 1. The maximum absolute atomic E-state index is 13.6. The summed E-state index contributed by atoms with van der Waals surface area (Å²) < 4.78 is 45.5. The van der Waals surface area contributed by atoms with Gasteiger partial charge in [-0.1, -0.05) is 0 Å². The van der Waals surface area contributed by atoms with Crippen molar-refractivity contribution in [3.63, 3.8) is 0 Å². The average molecular weight is 461 g/mol. The topological polar surface area (TPSA) is 126 Å². The lowest BCUT2D eigenvalue weighted by atomic mass is 10.3. The van der Waals surface area contributed by atoms with Crippen LogP contribution in [0.15, 0.2) is 50.9 Å². The van der Waals surface area contributed by atoms with Crippen LogP contribution in [0, 0.1) is 0 Å². The number of hydrogen-bond acceptors (Lipinski definition) is 8. The van der Waals surface area contributed by atoms with E-state index in [2.05, 4.69) is 4.74 Å². The van der Waals surface area contributed by atoms with E-state index in [0.717, 1.165) is 20.5 Å².